The number of halogens is 1. The summed E-state index contributed by atoms with van der Waals surface area (Å²) in [5, 5.41) is 4.17. The Labute approximate surface area is 108 Å². The molecule has 0 bridgehead atoms. The summed E-state index contributed by atoms with van der Waals surface area (Å²) in [6.07, 6.45) is 2.72. The highest BCUT2D eigenvalue weighted by atomic mass is 79.9. The zero-order valence-corrected chi connectivity index (χ0v) is 11.0. The summed E-state index contributed by atoms with van der Waals surface area (Å²) in [7, 11) is 1.83. The topological polar surface area (TPSA) is 53.1 Å². The predicted molar refractivity (Wildman–Crippen MR) is 70.0 cm³/mol. The zero-order chi connectivity index (χ0) is 12.0. The van der Waals surface area contributed by atoms with E-state index in [0.29, 0.717) is 5.82 Å². The number of aromatic nitrogens is 2. The van der Waals surface area contributed by atoms with Crippen molar-refractivity contribution in [2.24, 2.45) is 7.05 Å². The third-order valence-corrected chi connectivity index (χ3v) is 3.48. The van der Waals surface area contributed by atoms with Gasteiger partial charge < -0.3 is 10.5 Å². The summed E-state index contributed by atoms with van der Waals surface area (Å²) in [5.41, 5.74) is 9.16. The van der Waals surface area contributed by atoms with Crippen LogP contribution in [0.2, 0.25) is 0 Å². The van der Waals surface area contributed by atoms with Crippen molar-refractivity contribution in [3.8, 4) is 16.9 Å². The summed E-state index contributed by atoms with van der Waals surface area (Å²) in [6.45, 7) is 0.735. The van der Waals surface area contributed by atoms with Gasteiger partial charge in [-0.15, -0.1) is 0 Å². The van der Waals surface area contributed by atoms with Gasteiger partial charge in [-0.3, -0.25) is 4.68 Å². The Morgan fingerprint density at radius 3 is 2.94 bits per heavy atom. The van der Waals surface area contributed by atoms with E-state index in [2.05, 4.69) is 27.1 Å². The number of benzene rings is 1. The third-order valence-electron chi connectivity index (χ3n) is 3.02. The van der Waals surface area contributed by atoms with Crippen LogP contribution in [0.3, 0.4) is 0 Å². The number of hydrogen-bond donors (Lipinski definition) is 1. The molecule has 1 aromatic carbocycles. The molecular formula is C12H12BrN3O. The van der Waals surface area contributed by atoms with E-state index in [1.165, 1.54) is 5.56 Å². The van der Waals surface area contributed by atoms with Crippen molar-refractivity contribution in [3.05, 3.63) is 28.4 Å². The van der Waals surface area contributed by atoms with Crippen LogP contribution in [0.15, 0.2) is 22.8 Å². The lowest BCUT2D eigenvalue weighted by molar-refractivity contribution is 0.358. The van der Waals surface area contributed by atoms with Gasteiger partial charge in [-0.05, 0) is 17.7 Å². The molecule has 2 heterocycles. The first-order chi connectivity index (χ1) is 8.16. The lowest BCUT2D eigenvalue weighted by Gasteiger charge is -2.08. The lowest BCUT2D eigenvalue weighted by Crippen LogP contribution is -1.98. The average molecular weight is 294 g/mol. The van der Waals surface area contributed by atoms with Crippen molar-refractivity contribution in [1.82, 2.24) is 9.78 Å². The van der Waals surface area contributed by atoms with E-state index < -0.39 is 0 Å². The van der Waals surface area contributed by atoms with Crippen LogP contribution >= 0.6 is 15.9 Å². The molecule has 2 aromatic rings. The lowest BCUT2D eigenvalue weighted by atomic mass is 10.0. The van der Waals surface area contributed by atoms with E-state index in [1.54, 1.807) is 10.9 Å². The van der Waals surface area contributed by atoms with Crippen LogP contribution < -0.4 is 10.5 Å². The van der Waals surface area contributed by atoms with Crippen LogP contribution in [0.5, 0.6) is 5.75 Å². The highest BCUT2D eigenvalue weighted by Crippen LogP contribution is 2.41. The van der Waals surface area contributed by atoms with Crippen molar-refractivity contribution < 1.29 is 4.74 Å². The van der Waals surface area contributed by atoms with Crippen molar-refractivity contribution >= 4 is 21.7 Å². The number of anilines is 1. The zero-order valence-electron chi connectivity index (χ0n) is 9.40. The Morgan fingerprint density at radius 2 is 2.24 bits per heavy atom. The number of rotatable bonds is 1. The fourth-order valence-electron chi connectivity index (χ4n) is 2.12. The largest absolute Gasteiger partial charge is 0.492 e. The maximum Gasteiger partial charge on any atom is 0.130 e. The van der Waals surface area contributed by atoms with Crippen LogP contribution in [0.1, 0.15) is 5.56 Å². The molecule has 0 amide bonds. The maximum absolute atomic E-state index is 6.01. The Balaban J connectivity index is 2.24. The number of ether oxygens (including phenoxy) is 1. The van der Waals surface area contributed by atoms with Crippen molar-refractivity contribution in [1.29, 1.82) is 0 Å². The quantitative estimate of drug-likeness (QED) is 0.878. The van der Waals surface area contributed by atoms with Gasteiger partial charge in [0.2, 0.25) is 0 Å². The van der Waals surface area contributed by atoms with Crippen molar-refractivity contribution in [2.45, 2.75) is 6.42 Å². The van der Waals surface area contributed by atoms with Gasteiger partial charge in [0.1, 0.15) is 11.6 Å². The summed E-state index contributed by atoms with van der Waals surface area (Å²) < 4.78 is 8.40. The summed E-state index contributed by atoms with van der Waals surface area (Å²) >= 11 is 3.52. The van der Waals surface area contributed by atoms with Gasteiger partial charge in [0.15, 0.2) is 0 Å². The van der Waals surface area contributed by atoms with Crippen LogP contribution in [0, 0.1) is 0 Å². The van der Waals surface area contributed by atoms with Gasteiger partial charge in [0.25, 0.3) is 0 Å². The van der Waals surface area contributed by atoms with Gasteiger partial charge in [0, 0.05) is 29.1 Å². The first kappa shape index (κ1) is 10.7. The monoisotopic (exact) mass is 293 g/mol. The van der Waals surface area contributed by atoms with Crippen LogP contribution in [0.25, 0.3) is 11.1 Å². The second kappa shape index (κ2) is 3.77. The number of aryl methyl sites for hydroxylation is 1. The van der Waals surface area contributed by atoms with E-state index in [4.69, 9.17) is 10.5 Å². The van der Waals surface area contributed by atoms with Crippen LogP contribution in [-0.4, -0.2) is 16.4 Å². The molecule has 3 rings (SSSR count). The summed E-state index contributed by atoms with van der Waals surface area (Å²) in [6, 6.07) is 4.12. The molecule has 2 N–H and O–H groups in total. The molecule has 0 radical (unpaired) electrons. The standard InChI is InChI=1S/C12H12BrN3O/c1-16-12(14)10(6-15-16)9-5-8(13)4-7-2-3-17-11(7)9/h4-6H,2-3,14H2,1H3. The predicted octanol–water partition coefficient (Wildman–Crippen LogP) is 2.37. The number of fused-ring (bicyclic) bond motifs is 1. The Hall–Kier alpha value is -1.49. The highest BCUT2D eigenvalue weighted by molar-refractivity contribution is 9.10. The highest BCUT2D eigenvalue weighted by Gasteiger charge is 2.21. The molecule has 0 saturated carbocycles. The Kier molecular flexibility index (Phi) is 2.36. The number of nitrogen functional groups attached to an aromatic ring is 1. The summed E-state index contributed by atoms with van der Waals surface area (Å²) in [4.78, 5) is 0. The molecule has 0 aliphatic carbocycles. The molecule has 1 aliphatic heterocycles. The van der Waals surface area contributed by atoms with Gasteiger partial charge >= 0.3 is 0 Å². The number of hydrogen-bond acceptors (Lipinski definition) is 3. The Morgan fingerprint density at radius 1 is 1.41 bits per heavy atom. The Bertz CT molecular complexity index is 592. The van der Waals surface area contributed by atoms with Crippen molar-refractivity contribution in [2.75, 3.05) is 12.3 Å². The fraction of sp³-hybridized carbons (Fsp3) is 0.250. The van der Waals surface area contributed by atoms with E-state index in [1.807, 2.05) is 13.1 Å². The fourth-order valence-corrected chi connectivity index (χ4v) is 2.63. The number of nitrogens with two attached hydrogens (primary N) is 1. The molecule has 1 aliphatic rings. The second-order valence-electron chi connectivity index (χ2n) is 4.11. The van der Waals surface area contributed by atoms with E-state index in [-0.39, 0.29) is 0 Å². The first-order valence-electron chi connectivity index (χ1n) is 5.40. The average Bonchev–Trinajstić information content (AvgIpc) is 2.87. The van der Waals surface area contributed by atoms with Gasteiger partial charge in [-0.2, -0.15) is 5.10 Å². The minimum absolute atomic E-state index is 0.654. The van der Waals surface area contributed by atoms with E-state index in [0.717, 1.165) is 34.4 Å². The molecule has 0 spiro atoms. The van der Waals surface area contributed by atoms with Crippen molar-refractivity contribution in [3.63, 3.8) is 0 Å². The molecule has 0 fully saturated rings. The first-order valence-corrected chi connectivity index (χ1v) is 6.19. The molecule has 0 unspecified atom stereocenters. The summed E-state index contributed by atoms with van der Waals surface area (Å²) in [5.74, 6) is 1.59. The normalized spacial score (nSPS) is 13.5. The van der Waals surface area contributed by atoms with E-state index in [9.17, 15) is 0 Å². The van der Waals surface area contributed by atoms with Crippen LogP contribution in [-0.2, 0) is 13.5 Å². The molecular weight excluding hydrogens is 282 g/mol. The van der Waals surface area contributed by atoms with Gasteiger partial charge in [0.05, 0.1) is 12.8 Å². The molecule has 5 heteroatoms. The van der Waals surface area contributed by atoms with Gasteiger partial charge in [-0.25, -0.2) is 0 Å². The minimum Gasteiger partial charge on any atom is -0.492 e. The SMILES string of the molecule is Cn1ncc(-c2cc(Br)cc3c2OCC3)c1N. The third kappa shape index (κ3) is 1.61. The smallest absolute Gasteiger partial charge is 0.130 e. The van der Waals surface area contributed by atoms with Crippen LogP contribution in [0.4, 0.5) is 5.82 Å². The molecule has 17 heavy (non-hydrogen) atoms. The minimum atomic E-state index is 0.654. The second-order valence-corrected chi connectivity index (χ2v) is 5.02. The van der Waals surface area contributed by atoms with Gasteiger partial charge in [-0.1, -0.05) is 15.9 Å². The number of nitrogens with zero attached hydrogens (tertiary/aromatic N) is 2. The maximum atomic E-state index is 6.01. The molecule has 0 saturated heterocycles. The molecule has 4 nitrogen and oxygen atoms in total. The molecule has 1 aromatic heterocycles. The molecule has 0 atom stereocenters. The van der Waals surface area contributed by atoms with E-state index >= 15 is 0 Å². The molecule has 88 valence electrons.